The molecule has 0 spiro atoms. The lowest BCUT2D eigenvalue weighted by Crippen LogP contribution is -2.19. The third kappa shape index (κ3) is 5.19. The summed E-state index contributed by atoms with van der Waals surface area (Å²) in [4.78, 5) is 14.9. The molecule has 1 aromatic carbocycles. The molecule has 0 radical (unpaired) electrons. The Bertz CT molecular complexity index is 794. The van der Waals surface area contributed by atoms with E-state index in [2.05, 4.69) is 54.3 Å². The zero-order valence-corrected chi connectivity index (χ0v) is 17.1. The first-order valence-corrected chi connectivity index (χ1v) is 10.1. The molecule has 0 bridgehead atoms. The predicted molar refractivity (Wildman–Crippen MR) is 110 cm³/mol. The summed E-state index contributed by atoms with van der Waals surface area (Å²) in [6.07, 6.45) is 2.52. The molecule has 3 rings (SSSR count). The fourth-order valence-electron chi connectivity index (χ4n) is 3.71. The van der Waals surface area contributed by atoms with Gasteiger partial charge in [-0.2, -0.15) is 5.10 Å². The van der Waals surface area contributed by atoms with E-state index in [1.807, 2.05) is 17.7 Å². The minimum absolute atomic E-state index is 0.0885. The van der Waals surface area contributed by atoms with Crippen molar-refractivity contribution in [1.82, 2.24) is 14.7 Å². The third-order valence-electron chi connectivity index (χ3n) is 5.22. The van der Waals surface area contributed by atoms with Gasteiger partial charge in [-0.25, -0.2) is 0 Å². The number of hydrogen-bond donors (Lipinski definition) is 1. The second-order valence-electron chi connectivity index (χ2n) is 8.14. The largest absolute Gasteiger partial charge is 0.326 e. The minimum Gasteiger partial charge on any atom is -0.326 e. The van der Waals surface area contributed by atoms with Crippen LogP contribution in [0.1, 0.15) is 55.6 Å². The summed E-state index contributed by atoms with van der Waals surface area (Å²) in [5.41, 5.74) is 5.79. The molecule has 0 unspecified atom stereocenters. The van der Waals surface area contributed by atoms with Crippen LogP contribution in [-0.4, -0.2) is 27.1 Å². The molecule has 2 heterocycles. The smallest absolute Gasteiger partial charge is 0.224 e. The van der Waals surface area contributed by atoms with Crippen molar-refractivity contribution in [3.8, 4) is 0 Å². The van der Waals surface area contributed by atoms with Crippen molar-refractivity contribution in [3.05, 3.63) is 46.8 Å². The van der Waals surface area contributed by atoms with Crippen LogP contribution in [0.3, 0.4) is 0 Å². The van der Waals surface area contributed by atoms with Crippen LogP contribution < -0.4 is 5.32 Å². The summed E-state index contributed by atoms with van der Waals surface area (Å²) in [7, 11) is 0. The number of nitrogens with zero attached hydrogens (tertiary/aromatic N) is 3. The van der Waals surface area contributed by atoms with E-state index in [4.69, 9.17) is 0 Å². The number of fused-ring (bicyclic) bond motifs is 1. The number of aromatic nitrogens is 2. The molecule has 2 aromatic rings. The number of aryl methyl sites for hydroxylation is 3. The maximum absolute atomic E-state index is 12.4. The minimum atomic E-state index is 0.0885. The molecule has 0 atom stereocenters. The lowest BCUT2D eigenvalue weighted by molar-refractivity contribution is -0.116. The van der Waals surface area contributed by atoms with Crippen LogP contribution in [0, 0.1) is 19.8 Å². The van der Waals surface area contributed by atoms with Gasteiger partial charge in [0.1, 0.15) is 0 Å². The number of carbonyl (C=O) groups excluding carboxylic acids is 1. The van der Waals surface area contributed by atoms with E-state index in [1.165, 1.54) is 17.5 Å². The molecule has 146 valence electrons. The summed E-state index contributed by atoms with van der Waals surface area (Å²) >= 11 is 0. The molecule has 1 aliphatic rings. The Balaban J connectivity index is 1.52. The normalized spacial score (nSPS) is 14.0. The Kier molecular flexibility index (Phi) is 6.32. The van der Waals surface area contributed by atoms with Gasteiger partial charge in [-0.1, -0.05) is 26.0 Å². The number of nitrogens with one attached hydrogen (secondary N) is 1. The Hall–Kier alpha value is -2.14. The van der Waals surface area contributed by atoms with Gasteiger partial charge in [0.15, 0.2) is 0 Å². The number of benzene rings is 1. The second-order valence-corrected chi connectivity index (χ2v) is 8.14. The second kappa shape index (κ2) is 8.70. The first-order valence-electron chi connectivity index (χ1n) is 10.1. The van der Waals surface area contributed by atoms with Crippen molar-refractivity contribution in [3.63, 3.8) is 0 Å². The van der Waals surface area contributed by atoms with Crippen LogP contribution in [0.5, 0.6) is 0 Å². The van der Waals surface area contributed by atoms with E-state index in [1.54, 1.807) is 0 Å². The van der Waals surface area contributed by atoms with E-state index >= 15 is 0 Å². The molecule has 0 fully saturated rings. The van der Waals surface area contributed by atoms with Crippen molar-refractivity contribution >= 4 is 11.6 Å². The van der Waals surface area contributed by atoms with Gasteiger partial charge in [-0.05, 0) is 62.4 Å². The first kappa shape index (κ1) is 19.6. The lowest BCUT2D eigenvalue weighted by atomic mass is 10.1. The molecule has 1 amide bonds. The van der Waals surface area contributed by atoms with Crippen LogP contribution in [0.15, 0.2) is 24.3 Å². The Morgan fingerprint density at radius 2 is 2.04 bits per heavy atom. The molecule has 5 heteroatoms. The van der Waals surface area contributed by atoms with Gasteiger partial charge in [0.05, 0.1) is 5.69 Å². The van der Waals surface area contributed by atoms with E-state index in [0.29, 0.717) is 6.42 Å². The average molecular weight is 369 g/mol. The van der Waals surface area contributed by atoms with Gasteiger partial charge in [0, 0.05) is 37.4 Å². The van der Waals surface area contributed by atoms with Crippen molar-refractivity contribution in [2.75, 3.05) is 11.9 Å². The van der Waals surface area contributed by atoms with Crippen molar-refractivity contribution in [2.45, 2.75) is 66.6 Å². The highest BCUT2D eigenvalue weighted by atomic mass is 16.1. The SMILES string of the molecule is Cc1cc(C)n(CCCC(=O)Nc2cccc3c2CN(CCC(C)C)C3)n1. The molecule has 0 aliphatic carbocycles. The molecular formula is C22H32N4O. The van der Waals surface area contributed by atoms with E-state index < -0.39 is 0 Å². The maximum Gasteiger partial charge on any atom is 0.224 e. The molecule has 0 saturated heterocycles. The van der Waals surface area contributed by atoms with Gasteiger partial charge < -0.3 is 5.32 Å². The molecule has 1 aliphatic heterocycles. The number of amides is 1. The van der Waals surface area contributed by atoms with Crippen molar-refractivity contribution in [1.29, 1.82) is 0 Å². The van der Waals surface area contributed by atoms with Gasteiger partial charge in [0.2, 0.25) is 5.91 Å². The molecule has 27 heavy (non-hydrogen) atoms. The van der Waals surface area contributed by atoms with Crippen molar-refractivity contribution in [2.24, 2.45) is 5.92 Å². The monoisotopic (exact) mass is 368 g/mol. The summed E-state index contributed by atoms with van der Waals surface area (Å²) in [6.45, 7) is 12.4. The molecular weight excluding hydrogens is 336 g/mol. The van der Waals surface area contributed by atoms with Crippen LogP contribution in [0.4, 0.5) is 5.69 Å². The third-order valence-corrected chi connectivity index (χ3v) is 5.22. The summed E-state index contributed by atoms with van der Waals surface area (Å²) < 4.78 is 1.98. The number of anilines is 1. The molecule has 1 aromatic heterocycles. The average Bonchev–Trinajstić information content (AvgIpc) is 3.16. The van der Waals surface area contributed by atoms with Crippen LogP contribution in [0.25, 0.3) is 0 Å². The number of rotatable bonds is 8. The highest BCUT2D eigenvalue weighted by Gasteiger charge is 2.22. The Morgan fingerprint density at radius 3 is 2.74 bits per heavy atom. The van der Waals surface area contributed by atoms with E-state index in [-0.39, 0.29) is 5.91 Å². The quantitative estimate of drug-likeness (QED) is 0.756. The van der Waals surface area contributed by atoms with Crippen LogP contribution in [0.2, 0.25) is 0 Å². The fraction of sp³-hybridized carbons (Fsp3) is 0.545. The van der Waals surface area contributed by atoms with Gasteiger partial charge >= 0.3 is 0 Å². The summed E-state index contributed by atoms with van der Waals surface area (Å²) in [6, 6.07) is 8.33. The first-order chi connectivity index (χ1) is 12.9. The Morgan fingerprint density at radius 1 is 1.22 bits per heavy atom. The van der Waals surface area contributed by atoms with Crippen LogP contribution >= 0.6 is 0 Å². The molecule has 0 saturated carbocycles. The van der Waals surface area contributed by atoms with E-state index in [0.717, 1.165) is 55.6 Å². The standard InChI is InChI=1S/C22H32N4O/c1-16(2)10-12-25-14-19-7-5-8-21(20(19)15-25)23-22(27)9-6-11-26-18(4)13-17(3)24-26/h5,7-8,13,16H,6,9-12,14-15H2,1-4H3,(H,23,27). The summed E-state index contributed by atoms with van der Waals surface area (Å²) in [5.74, 6) is 0.806. The van der Waals surface area contributed by atoms with Crippen molar-refractivity contribution < 1.29 is 4.79 Å². The lowest BCUT2D eigenvalue weighted by Gasteiger charge is -2.16. The maximum atomic E-state index is 12.4. The molecule has 5 nitrogen and oxygen atoms in total. The van der Waals surface area contributed by atoms with Crippen LogP contribution in [-0.2, 0) is 24.4 Å². The van der Waals surface area contributed by atoms with E-state index in [9.17, 15) is 4.79 Å². The zero-order chi connectivity index (χ0) is 19.4. The highest BCUT2D eigenvalue weighted by molar-refractivity contribution is 5.91. The Labute approximate surface area is 162 Å². The predicted octanol–water partition coefficient (Wildman–Crippen LogP) is 4.28. The fourth-order valence-corrected chi connectivity index (χ4v) is 3.71. The van der Waals surface area contributed by atoms with Gasteiger partial charge in [-0.3, -0.25) is 14.4 Å². The molecule has 1 N–H and O–H groups in total. The number of hydrogen-bond acceptors (Lipinski definition) is 3. The topological polar surface area (TPSA) is 50.2 Å². The summed E-state index contributed by atoms with van der Waals surface area (Å²) in [5, 5.41) is 7.59. The number of carbonyl (C=O) groups is 1. The zero-order valence-electron chi connectivity index (χ0n) is 17.1. The highest BCUT2D eigenvalue weighted by Crippen LogP contribution is 2.29. The van der Waals surface area contributed by atoms with Gasteiger partial charge in [-0.15, -0.1) is 0 Å². The van der Waals surface area contributed by atoms with Gasteiger partial charge in [0.25, 0.3) is 0 Å².